The molecule has 0 saturated heterocycles. The first-order valence-corrected chi connectivity index (χ1v) is 7.42. The van der Waals surface area contributed by atoms with E-state index in [4.69, 9.17) is 15.8 Å². The van der Waals surface area contributed by atoms with Crippen LogP contribution in [0.5, 0.6) is 0 Å². The second kappa shape index (κ2) is 5.51. The number of carbonyl (C=O) groups is 1. The van der Waals surface area contributed by atoms with Gasteiger partial charge in [0.05, 0.1) is 11.3 Å². The van der Waals surface area contributed by atoms with Crippen LogP contribution in [0.2, 0.25) is 0 Å². The number of rotatable bonds is 5. The molecule has 4 nitrogen and oxygen atoms in total. The van der Waals surface area contributed by atoms with Gasteiger partial charge in [0.2, 0.25) is 0 Å². The fraction of sp³-hybridized carbons (Fsp3) is 0.364. The molecule has 1 aromatic rings. The summed E-state index contributed by atoms with van der Waals surface area (Å²) in [6.07, 6.45) is 0.711. The SMILES string of the molecule is CC[C@H](CC(=O)O)c1ccc(S(=O)(=O)Cl)cc1. The molecule has 0 radical (unpaired) electrons. The topological polar surface area (TPSA) is 71.4 Å². The molecule has 1 aromatic carbocycles. The van der Waals surface area contributed by atoms with Crippen LogP contribution in [-0.4, -0.2) is 19.5 Å². The molecule has 0 aliphatic carbocycles. The van der Waals surface area contributed by atoms with Crippen LogP contribution in [-0.2, 0) is 13.8 Å². The lowest BCUT2D eigenvalue weighted by Crippen LogP contribution is -2.05. The lowest BCUT2D eigenvalue weighted by Gasteiger charge is -2.12. The van der Waals surface area contributed by atoms with Crippen molar-refractivity contribution >= 4 is 25.7 Å². The second-order valence-electron chi connectivity index (χ2n) is 3.71. The predicted octanol–water partition coefficient (Wildman–Crippen LogP) is 2.58. The van der Waals surface area contributed by atoms with Gasteiger partial charge < -0.3 is 5.11 Å². The zero-order chi connectivity index (χ0) is 13.1. The molecule has 0 heterocycles. The van der Waals surface area contributed by atoms with E-state index in [-0.39, 0.29) is 17.2 Å². The number of hydrogen-bond acceptors (Lipinski definition) is 3. The summed E-state index contributed by atoms with van der Waals surface area (Å²) in [5.74, 6) is -0.981. The van der Waals surface area contributed by atoms with Gasteiger partial charge >= 0.3 is 5.97 Å². The smallest absolute Gasteiger partial charge is 0.303 e. The van der Waals surface area contributed by atoms with Crippen molar-refractivity contribution in [3.05, 3.63) is 29.8 Å². The lowest BCUT2D eigenvalue weighted by molar-refractivity contribution is -0.137. The van der Waals surface area contributed by atoms with E-state index in [1.54, 1.807) is 12.1 Å². The molecule has 0 amide bonds. The molecular formula is C11H13ClO4S. The molecule has 0 bridgehead atoms. The minimum absolute atomic E-state index is 0.0214. The van der Waals surface area contributed by atoms with E-state index in [9.17, 15) is 13.2 Å². The van der Waals surface area contributed by atoms with Crippen LogP contribution in [0.25, 0.3) is 0 Å². The third kappa shape index (κ3) is 4.02. The monoisotopic (exact) mass is 276 g/mol. The molecule has 1 atom stereocenters. The van der Waals surface area contributed by atoms with E-state index in [0.29, 0.717) is 6.42 Å². The summed E-state index contributed by atoms with van der Waals surface area (Å²) in [5, 5.41) is 8.74. The average molecular weight is 277 g/mol. The van der Waals surface area contributed by atoms with E-state index < -0.39 is 15.0 Å². The Morgan fingerprint density at radius 1 is 1.35 bits per heavy atom. The van der Waals surface area contributed by atoms with Crippen LogP contribution in [0, 0.1) is 0 Å². The maximum atomic E-state index is 11.0. The summed E-state index contributed by atoms with van der Waals surface area (Å²) in [4.78, 5) is 10.7. The molecule has 17 heavy (non-hydrogen) atoms. The third-order valence-electron chi connectivity index (χ3n) is 2.55. The Morgan fingerprint density at radius 3 is 2.24 bits per heavy atom. The van der Waals surface area contributed by atoms with Gasteiger partial charge in [0.15, 0.2) is 0 Å². The lowest BCUT2D eigenvalue weighted by atomic mass is 9.93. The number of hydrogen-bond donors (Lipinski definition) is 1. The molecule has 1 N–H and O–H groups in total. The van der Waals surface area contributed by atoms with Crippen LogP contribution in [0.4, 0.5) is 0 Å². The molecule has 0 saturated carbocycles. The van der Waals surface area contributed by atoms with Crippen molar-refractivity contribution in [1.82, 2.24) is 0 Å². The first kappa shape index (κ1) is 14.0. The van der Waals surface area contributed by atoms with Crippen LogP contribution >= 0.6 is 10.7 Å². The van der Waals surface area contributed by atoms with E-state index in [1.165, 1.54) is 12.1 Å². The Kier molecular flexibility index (Phi) is 4.54. The zero-order valence-electron chi connectivity index (χ0n) is 9.26. The zero-order valence-corrected chi connectivity index (χ0v) is 10.8. The van der Waals surface area contributed by atoms with Gasteiger partial charge in [-0.1, -0.05) is 19.1 Å². The Bertz CT molecular complexity index is 493. The highest BCUT2D eigenvalue weighted by Gasteiger charge is 2.15. The van der Waals surface area contributed by atoms with Gasteiger partial charge in [-0.3, -0.25) is 4.79 Å². The van der Waals surface area contributed by atoms with Gasteiger partial charge in [0.1, 0.15) is 0 Å². The third-order valence-corrected chi connectivity index (χ3v) is 3.92. The van der Waals surface area contributed by atoms with Gasteiger partial charge in [0, 0.05) is 10.7 Å². The van der Waals surface area contributed by atoms with Crippen molar-refractivity contribution < 1.29 is 18.3 Å². The Hall–Kier alpha value is -1.07. The maximum absolute atomic E-state index is 11.0. The van der Waals surface area contributed by atoms with Crippen LogP contribution in [0.1, 0.15) is 31.2 Å². The highest BCUT2D eigenvalue weighted by molar-refractivity contribution is 8.13. The first-order valence-electron chi connectivity index (χ1n) is 5.11. The molecule has 0 aromatic heterocycles. The second-order valence-corrected chi connectivity index (χ2v) is 6.28. The Morgan fingerprint density at radius 2 is 1.88 bits per heavy atom. The van der Waals surface area contributed by atoms with Crippen molar-refractivity contribution in [3.63, 3.8) is 0 Å². The summed E-state index contributed by atoms with van der Waals surface area (Å²) in [5.41, 5.74) is 0.805. The van der Waals surface area contributed by atoms with Crippen molar-refractivity contribution in [3.8, 4) is 0 Å². The first-order chi connectivity index (χ1) is 7.84. The van der Waals surface area contributed by atoms with Crippen LogP contribution in [0.15, 0.2) is 29.2 Å². The van der Waals surface area contributed by atoms with Gasteiger partial charge in [-0.25, -0.2) is 8.42 Å². The van der Waals surface area contributed by atoms with Gasteiger partial charge in [0.25, 0.3) is 9.05 Å². The van der Waals surface area contributed by atoms with Gasteiger partial charge in [-0.05, 0) is 30.0 Å². The van der Waals surface area contributed by atoms with Crippen molar-refractivity contribution in [2.45, 2.75) is 30.6 Å². The summed E-state index contributed by atoms with van der Waals surface area (Å²) >= 11 is 0. The number of benzene rings is 1. The summed E-state index contributed by atoms with van der Waals surface area (Å²) in [6.45, 7) is 1.89. The highest BCUT2D eigenvalue weighted by atomic mass is 35.7. The molecule has 0 fully saturated rings. The van der Waals surface area contributed by atoms with Crippen molar-refractivity contribution in [1.29, 1.82) is 0 Å². The Balaban J connectivity index is 2.97. The summed E-state index contributed by atoms with van der Waals surface area (Å²) < 4.78 is 22.1. The van der Waals surface area contributed by atoms with Crippen molar-refractivity contribution in [2.75, 3.05) is 0 Å². The van der Waals surface area contributed by atoms with Gasteiger partial charge in [-0.2, -0.15) is 0 Å². The molecule has 94 valence electrons. The fourth-order valence-electron chi connectivity index (χ4n) is 1.61. The van der Waals surface area contributed by atoms with Gasteiger partial charge in [-0.15, -0.1) is 0 Å². The average Bonchev–Trinajstić information content (AvgIpc) is 2.24. The quantitative estimate of drug-likeness (QED) is 0.839. The minimum atomic E-state index is -3.72. The van der Waals surface area contributed by atoms with E-state index in [0.717, 1.165) is 5.56 Å². The number of aliphatic carboxylic acids is 1. The molecule has 0 spiro atoms. The standard InChI is InChI=1S/C11H13ClO4S/c1-2-8(7-11(13)14)9-3-5-10(6-4-9)17(12,15)16/h3-6,8H,2,7H2,1H3,(H,13,14)/t8-/m1/s1. The largest absolute Gasteiger partial charge is 0.481 e. The molecule has 0 aliphatic rings. The molecule has 1 rings (SSSR count). The van der Waals surface area contributed by atoms with E-state index in [2.05, 4.69) is 0 Å². The normalized spacial score (nSPS) is 13.3. The van der Waals surface area contributed by atoms with Crippen molar-refractivity contribution in [2.24, 2.45) is 0 Å². The molecule has 6 heteroatoms. The predicted molar refractivity (Wildman–Crippen MR) is 64.8 cm³/mol. The highest BCUT2D eigenvalue weighted by Crippen LogP contribution is 2.25. The van der Waals surface area contributed by atoms with Crippen LogP contribution in [0.3, 0.4) is 0 Å². The molecule has 0 unspecified atom stereocenters. The maximum Gasteiger partial charge on any atom is 0.303 e. The van der Waals surface area contributed by atoms with Crippen LogP contribution < -0.4 is 0 Å². The summed E-state index contributed by atoms with van der Waals surface area (Å²) in [6, 6.07) is 5.99. The summed E-state index contributed by atoms with van der Waals surface area (Å²) in [7, 11) is 1.47. The van der Waals surface area contributed by atoms with E-state index >= 15 is 0 Å². The Labute approximate surface area is 105 Å². The number of carboxylic acids is 1. The minimum Gasteiger partial charge on any atom is -0.481 e. The van der Waals surface area contributed by atoms with E-state index in [1.807, 2.05) is 6.92 Å². The number of carboxylic acid groups (broad SMARTS) is 1. The number of halogens is 1. The fourth-order valence-corrected chi connectivity index (χ4v) is 2.38. The molecule has 0 aliphatic heterocycles. The molecular weight excluding hydrogens is 264 g/mol.